The summed E-state index contributed by atoms with van der Waals surface area (Å²) in [5.74, 6) is 1.68. The SMILES string of the molecule is CCNCC(C)CCc1cccc(OC)c1. The van der Waals surface area contributed by atoms with Gasteiger partial charge in [-0.2, -0.15) is 0 Å². The molecule has 1 N–H and O–H groups in total. The van der Waals surface area contributed by atoms with Gasteiger partial charge in [-0.25, -0.2) is 0 Å². The lowest BCUT2D eigenvalue weighted by Gasteiger charge is -2.11. The summed E-state index contributed by atoms with van der Waals surface area (Å²) in [6.45, 7) is 6.61. The van der Waals surface area contributed by atoms with Crippen LogP contribution < -0.4 is 10.1 Å². The highest BCUT2D eigenvalue weighted by molar-refractivity contribution is 5.28. The summed E-state index contributed by atoms with van der Waals surface area (Å²) in [4.78, 5) is 0. The molecule has 2 heteroatoms. The van der Waals surface area contributed by atoms with Crippen molar-refractivity contribution < 1.29 is 4.74 Å². The Balaban J connectivity index is 2.35. The average molecular weight is 221 g/mol. The van der Waals surface area contributed by atoms with Gasteiger partial charge in [-0.3, -0.25) is 0 Å². The first-order chi connectivity index (χ1) is 7.76. The normalized spacial score (nSPS) is 12.4. The van der Waals surface area contributed by atoms with Gasteiger partial charge in [0.1, 0.15) is 5.75 Å². The Morgan fingerprint density at radius 2 is 2.19 bits per heavy atom. The fourth-order valence-corrected chi connectivity index (χ4v) is 1.73. The van der Waals surface area contributed by atoms with Gasteiger partial charge in [-0.15, -0.1) is 0 Å². The predicted molar refractivity (Wildman–Crippen MR) is 69.0 cm³/mol. The van der Waals surface area contributed by atoms with E-state index < -0.39 is 0 Å². The lowest BCUT2D eigenvalue weighted by molar-refractivity contribution is 0.414. The summed E-state index contributed by atoms with van der Waals surface area (Å²) in [6.07, 6.45) is 2.35. The van der Waals surface area contributed by atoms with E-state index >= 15 is 0 Å². The van der Waals surface area contributed by atoms with Gasteiger partial charge >= 0.3 is 0 Å². The van der Waals surface area contributed by atoms with E-state index in [0.29, 0.717) is 0 Å². The fourth-order valence-electron chi connectivity index (χ4n) is 1.73. The average Bonchev–Trinajstić information content (AvgIpc) is 2.34. The molecule has 2 nitrogen and oxygen atoms in total. The molecule has 90 valence electrons. The van der Waals surface area contributed by atoms with Crippen molar-refractivity contribution in [1.82, 2.24) is 5.32 Å². The molecule has 16 heavy (non-hydrogen) atoms. The van der Waals surface area contributed by atoms with E-state index in [9.17, 15) is 0 Å². The molecule has 1 atom stereocenters. The molecule has 0 heterocycles. The van der Waals surface area contributed by atoms with Gasteiger partial charge in [0.25, 0.3) is 0 Å². The molecule has 0 amide bonds. The molecular weight excluding hydrogens is 198 g/mol. The second-order valence-electron chi connectivity index (χ2n) is 4.30. The predicted octanol–water partition coefficient (Wildman–Crippen LogP) is 2.87. The number of hydrogen-bond acceptors (Lipinski definition) is 2. The summed E-state index contributed by atoms with van der Waals surface area (Å²) in [6, 6.07) is 8.34. The molecule has 0 aliphatic heterocycles. The standard InChI is InChI=1S/C14H23NO/c1-4-15-11-12(2)8-9-13-6-5-7-14(10-13)16-3/h5-7,10,12,15H,4,8-9,11H2,1-3H3. The van der Waals surface area contributed by atoms with Gasteiger partial charge in [0.15, 0.2) is 0 Å². The molecule has 1 unspecified atom stereocenters. The van der Waals surface area contributed by atoms with E-state index in [2.05, 4.69) is 37.4 Å². The van der Waals surface area contributed by atoms with Crippen LogP contribution in [0.1, 0.15) is 25.8 Å². The molecule has 0 bridgehead atoms. The fraction of sp³-hybridized carbons (Fsp3) is 0.571. The van der Waals surface area contributed by atoms with Crippen molar-refractivity contribution in [2.24, 2.45) is 5.92 Å². The highest BCUT2D eigenvalue weighted by Crippen LogP contribution is 2.15. The highest BCUT2D eigenvalue weighted by Gasteiger charge is 2.02. The quantitative estimate of drug-likeness (QED) is 0.764. The minimum absolute atomic E-state index is 0.728. The summed E-state index contributed by atoms with van der Waals surface area (Å²) in [5.41, 5.74) is 1.36. The molecule has 0 aromatic heterocycles. The van der Waals surface area contributed by atoms with E-state index in [0.717, 1.165) is 31.2 Å². The lowest BCUT2D eigenvalue weighted by Crippen LogP contribution is -2.20. The maximum absolute atomic E-state index is 5.21. The Morgan fingerprint density at radius 3 is 2.88 bits per heavy atom. The van der Waals surface area contributed by atoms with E-state index in [4.69, 9.17) is 4.74 Å². The minimum atomic E-state index is 0.728. The smallest absolute Gasteiger partial charge is 0.119 e. The van der Waals surface area contributed by atoms with Crippen LogP contribution in [0.3, 0.4) is 0 Å². The summed E-state index contributed by atoms with van der Waals surface area (Å²) in [5, 5.41) is 3.38. The van der Waals surface area contributed by atoms with Crippen molar-refractivity contribution in [1.29, 1.82) is 0 Å². The Kier molecular flexibility index (Phi) is 5.94. The molecule has 0 saturated heterocycles. The summed E-state index contributed by atoms with van der Waals surface area (Å²) < 4.78 is 5.21. The van der Waals surface area contributed by atoms with E-state index in [1.807, 2.05) is 6.07 Å². The van der Waals surface area contributed by atoms with Crippen LogP contribution in [0.4, 0.5) is 0 Å². The Bertz CT molecular complexity index is 299. The van der Waals surface area contributed by atoms with Crippen LogP contribution in [-0.4, -0.2) is 20.2 Å². The van der Waals surface area contributed by atoms with Gasteiger partial charge in [0.05, 0.1) is 7.11 Å². The molecule has 0 saturated carbocycles. The number of methoxy groups -OCH3 is 1. The first-order valence-corrected chi connectivity index (χ1v) is 6.10. The summed E-state index contributed by atoms with van der Waals surface area (Å²) >= 11 is 0. The van der Waals surface area contributed by atoms with Crippen LogP contribution in [0.2, 0.25) is 0 Å². The van der Waals surface area contributed by atoms with Gasteiger partial charge in [-0.05, 0) is 49.5 Å². The van der Waals surface area contributed by atoms with Crippen molar-refractivity contribution in [3.63, 3.8) is 0 Å². The van der Waals surface area contributed by atoms with Gasteiger partial charge < -0.3 is 10.1 Å². The monoisotopic (exact) mass is 221 g/mol. The van der Waals surface area contributed by atoms with Crippen LogP contribution in [0, 0.1) is 5.92 Å². The molecule has 0 radical (unpaired) electrons. The molecule has 1 aromatic carbocycles. The number of rotatable bonds is 7. The number of nitrogens with one attached hydrogen (secondary N) is 1. The Labute approximate surface area is 99.0 Å². The topological polar surface area (TPSA) is 21.3 Å². The largest absolute Gasteiger partial charge is 0.497 e. The number of benzene rings is 1. The number of ether oxygens (including phenoxy) is 1. The van der Waals surface area contributed by atoms with Crippen LogP contribution >= 0.6 is 0 Å². The second-order valence-corrected chi connectivity index (χ2v) is 4.30. The number of aryl methyl sites for hydroxylation is 1. The molecule has 0 spiro atoms. The van der Waals surface area contributed by atoms with Crippen molar-refractivity contribution >= 4 is 0 Å². The third-order valence-corrected chi connectivity index (χ3v) is 2.80. The first kappa shape index (κ1) is 13.0. The van der Waals surface area contributed by atoms with Crippen molar-refractivity contribution in [3.05, 3.63) is 29.8 Å². The third-order valence-electron chi connectivity index (χ3n) is 2.80. The molecule has 0 aliphatic carbocycles. The van der Waals surface area contributed by atoms with Crippen LogP contribution in [-0.2, 0) is 6.42 Å². The highest BCUT2D eigenvalue weighted by atomic mass is 16.5. The zero-order valence-electron chi connectivity index (χ0n) is 10.6. The van der Waals surface area contributed by atoms with Gasteiger partial charge in [0.2, 0.25) is 0 Å². The lowest BCUT2D eigenvalue weighted by atomic mass is 10.0. The van der Waals surface area contributed by atoms with Crippen molar-refractivity contribution in [3.8, 4) is 5.75 Å². The van der Waals surface area contributed by atoms with Crippen LogP contribution in [0.5, 0.6) is 5.75 Å². The van der Waals surface area contributed by atoms with Gasteiger partial charge in [0, 0.05) is 0 Å². The molecule has 0 fully saturated rings. The number of hydrogen-bond donors (Lipinski definition) is 1. The Hall–Kier alpha value is -1.02. The molecule has 1 aromatic rings. The zero-order chi connectivity index (χ0) is 11.8. The molecular formula is C14H23NO. The second kappa shape index (κ2) is 7.29. The third kappa shape index (κ3) is 4.67. The Morgan fingerprint density at radius 1 is 1.38 bits per heavy atom. The summed E-state index contributed by atoms with van der Waals surface area (Å²) in [7, 11) is 1.72. The maximum Gasteiger partial charge on any atom is 0.119 e. The van der Waals surface area contributed by atoms with Crippen molar-refractivity contribution in [2.75, 3.05) is 20.2 Å². The molecule has 1 rings (SSSR count). The zero-order valence-corrected chi connectivity index (χ0v) is 10.6. The maximum atomic E-state index is 5.21. The van der Waals surface area contributed by atoms with E-state index in [1.165, 1.54) is 12.0 Å². The van der Waals surface area contributed by atoms with Gasteiger partial charge in [-0.1, -0.05) is 26.0 Å². The van der Waals surface area contributed by atoms with Crippen LogP contribution in [0.15, 0.2) is 24.3 Å². The first-order valence-electron chi connectivity index (χ1n) is 6.10. The van der Waals surface area contributed by atoms with E-state index in [1.54, 1.807) is 7.11 Å². The van der Waals surface area contributed by atoms with Crippen molar-refractivity contribution in [2.45, 2.75) is 26.7 Å². The molecule has 0 aliphatic rings. The van der Waals surface area contributed by atoms with Crippen LogP contribution in [0.25, 0.3) is 0 Å². The minimum Gasteiger partial charge on any atom is -0.497 e. The van der Waals surface area contributed by atoms with E-state index in [-0.39, 0.29) is 0 Å².